The minimum Gasteiger partial charge on any atom is -0.355 e. The molecule has 3 aromatic rings. The Morgan fingerprint density at radius 1 is 1.12 bits per heavy atom. The highest BCUT2D eigenvalue weighted by Crippen LogP contribution is 2.29. The van der Waals surface area contributed by atoms with Gasteiger partial charge in [0.15, 0.2) is 0 Å². The Morgan fingerprint density at radius 3 is 2.64 bits per heavy atom. The lowest BCUT2D eigenvalue weighted by Crippen LogP contribution is -2.44. The van der Waals surface area contributed by atoms with Gasteiger partial charge in [0.25, 0.3) is 5.91 Å². The Kier molecular flexibility index (Phi) is 7.02. The first-order valence-electron chi connectivity index (χ1n) is 11.4. The van der Waals surface area contributed by atoms with E-state index in [9.17, 15) is 9.59 Å². The molecule has 0 bridgehead atoms. The number of carbonyl (C=O) groups excluding carboxylic acids is 2. The summed E-state index contributed by atoms with van der Waals surface area (Å²) in [7, 11) is 1.79. The molecule has 2 heterocycles. The zero-order valence-electron chi connectivity index (χ0n) is 19.0. The Balaban J connectivity index is 1.46. The minimum absolute atomic E-state index is 0.218. The number of hydrogen-bond acceptors (Lipinski definition) is 5. The van der Waals surface area contributed by atoms with Gasteiger partial charge in [0, 0.05) is 42.1 Å². The zero-order valence-corrected chi connectivity index (χ0v) is 19.0. The van der Waals surface area contributed by atoms with Gasteiger partial charge in [0.05, 0.1) is 11.9 Å². The standard InChI is InChI=1S/C25H30N6O2/c1-17-12-21(10-11-26-17)28-20-9-5-8-19(14-20)24(32)30-23(13-18-6-3-4-7-18)25(33)29-22-15-27-31(2)16-22/h5,8-12,14-16,18,23H,3-4,6-7,13H2,1-2H3,(H,26,28)(H,29,33)(H,30,32)/t23-/m0/s1. The van der Waals surface area contributed by atoms with Crippen LogP contribution in [0.5, 0.6) is 0 Å². The first-order valence-corrected chi connectivity index (χ1v) is 11.4. The normalized spacial score (nSPS) is 14.6. The van der Waals surface area contributed by atoms with Crippen LogP contribution in [0.4, 0.5) is 17.1 Å². The van der Waals surface area contributed by atoms with E-state index in [1.54, 1.807) is 42.5 Å². The van der Waals surface area contributed by atoms with Crippen LogP contribution in [-0.2, 0) is 11.8 Å². The summed E-state index contributed by atoms with van der Waals surface area (Å²) in [6, 6.07) is 10.5. The summed E-state index contributed by atoms with van der Waals surface area (Å²) in [5, 5.41) is 13.3. The van der Waals surface area contributed by atoms with E-state index < -0.39 is 6.04 Å². The van der Waals surface area contributed by atoms with Crippen molar-refractivity contribution in [2.45, 2.75) is 45.1 Å². The van der Waals surface area contributed by atoms with Gasteiger partial charge in [0.1, 0.15) is 6.04 Å². The average Bonchev–Trinajstić information content (AvgIpc) is 3.45. The molecule has 8 nitrogen and oxygen atoms in total. The van der Waals surface area contributed by atoms with E-state index in [-0.39, 0.29) is 11.8 Å². The number of carbonyl (C=O) groups is 2. The minimum atomic E-state index is -0.611. The van der Waals surface area contributed by atoms with Crippen molar-refractivity contribution in [3.8, 4) is 0 Å². The van der Waals surface area contributed by atoms with Crippen LogP contribution in [0.15, 0.2) is 55.0 Å². The molecule has 2 amide bonds. The maximum Gasteiger partial charge on any atom is 0.252 e. The number of pyridine rings is 1. The molecule has 1 saturated carbocycles. The van der Waals surface area contributed by atoms with Crippen LogP contribution in [-0.4, -0.2) is 32.6 Å². The number of hydrogen-bond donors (Lipinski definition) is 3. The molecule has 1 fully saturated rings. The smallest absolute Gasteiger partial charge is 0.252 e. The van der Waals surface area contributed by atoms with E-state index in [4.69, 9.17) is 0 Å². The SMILES string of the molecule is Cc1cc(Nc2cccc(C(=O)N[C@@H](CC3CCCC3)C(=O)Nc3cnn(C)c3)c2)ccn1. The van der Waals surface area contributed by atoms with Crippen molar-refractivity contribution in [1.29, 1.82) is 0 Å². The van der Waals surface area contributed by atoms with Crippen LogP contribution in [0.2, 0.25) is 0 Å². The third kappa shape index (κ3) is 6.19. The largest absolute Gasteiger partial charge is 0.355 e. The molecule has 1 atom stereocenters. The zero-order chi connectivity index (χ0) is 23.2. The first kappa shape index (κ1) is 22.5. The number of aromatic nitrogens is 3. The highest BCUT2D eigenvalue weighted by atomic mass is 16.2. The maximum absolute atomic E-state index is 13.1. The van der Waals surface area contributed by atoms with Gasteiger partial charge in [-0.05, 0) is 49.6 Å². The lowest BCUT2D eigenvalue weighted by atomic mass is 9.97. The predicted molar refractivity (Wildman–Crippen MR) is 128 cm³/mol. The molecule has 1 aliphatic rings. The van der Waals surface area contributed by atoms with E-state index in [1.807, 2.05) is 31.2 Å². The summed E-state index contributed by atoms with van der Waals surface area (Å²) in [6.45, 7) is 1.93. The molecule has 0 radical (unpaired) electrons. The van der Waals surface area contributed by atoms with Crippen LogP contribution in [0, 0.1) is 12.8 Å². The lowest BCUT2D eigenvalue weighted by molar-refractivity contribution is -0.118. The topological polar surface area (TPSA) is 101 Å². The van der Waals surface area contributed by atoms with Crippen LogP contribution in [0.25, 0.3) is 0 Å². The molecule has 4 rings (SSSR count). The quantitative estimate of drug-likeness (QED) is 0.482. The molecule has 172 valence electrons. The summed E-state index contributed by atoms with van der Waals surface area (Å²) < 4.78 is 1.63. The molecule has 1 aliphatic carbocycles. The molecule has 0 spiro atoms. The highest BCUT2D eigenvalue weighted by molar-refractivity contribution is 6.01. The fraction of sp³-hybridized carbons (Fsp3) is 0.360. The Labute approximate surface area is 193 Å². The first-order chi connectivity index (χ1) is 16.0. The maximum atomic E-state index is 13.1. The summed E-state index contributed by atoms with van der Waals surface area (Å²) in [5.74, 6) is -0.0449. The Morgan fingerprint density at radius 2 is 1.91 bits per heavy atom. The molecule has 0 unspecified atom stereocenters. The average molecular weight is 447 g/mol. The van der Waals surface area contributed by atoms with Crippen molar-refractivity contribution < 1.29 is 9.59 Å². The lowest BCUT2D eigenvalue weighted by Gasteiger charge is -2.21. The number of benzene rings is 1. The van der Waals surface area contributed by atoms with E-state index in [0.29, 0.717) is 23.6 Å². The number of nitrogens with one attached hydrogen (secondary N) is 3. The van der Waals surface area contributed by atoms with Crippen LogP contribution in [0.1, 0.15) is 48.2 Å². The van der Waals surface area contributed by atoms with Gasteiger partial charge in [-0.25, -0.2) is 0 Å². The van der Waals surface area contributed by atoms with Crippen LogP contribution < -0.4 is 16.0 Å². The Hall–Kier alpha value is -3.68. The van der Waals surface area contributed by atoms with Gasteiger partial charge in [-0.3, -0.25) is 19.3 Å². The molecule has 1 aromatic carbocycles. The van der Waals surface area contributed by atoms with Gasteiger partial charge < -0.3 is 16.0 Å². The van der Waals surface area contributed by atoms with Crippen molar-refractivity contribution in [2.24, 2.45) is 13.0 Å². The molecule has 2 aromatic heterocycles. The molecule has 0 aliphatic heterocycles. The predicted octanol–water partition coefficient (Wildman–Crippen LogP) is 4.18. The summed E-state index contributed by atoms with van der Waals surface area (Å²) in [6.07, 6.45) is 10.3. The van der Waals surface area contributed by atoms with Gasteiger partial charge in [0.2, 0.25) is 5.91 Å². The number of aryl methyl sites for hydroxylation is 2. The van der Waals surface area contributed by atoms with Crippen LogP contribution in [0.3, 0.4) is 0 Å². The van der Waals surface area contributed by atoms with Gasteiger partial charge in [-0.15, -0.1) is 0 Å². The number of nitrogens with zero attached hydrogens (tertiary/aromatic N) is 3. The van der Waals surface area contributed by atoms with Gasteiger partial charge >= 0.3 is 0 Å². The third-order valence-corrected chi connectivity index (χ3v) is 5.95. The number of amides is 2. The summed E-state index contributed by atoms with van der Waals surface area (Å²) in [5.41, 5.74) is 3.71. The third-order valence-electron chi connectivity index (χ3n) is 5.95. The number of anilines is 3. The van der Waals surface area contributed by atoms with Gasteiger partial charge in [-0.1, -0.05) is 31.7 Å². The van der Waals surface area contributed by atoms with Crippen molar-refractivity contribution in [2.75, 3.05) is 10.6 Å². The van der Waals surface area contributed by atoms with Crippen molar-refractivity contribution in [3.63, 3.8) is 0 Å². The van der Waals surface area contributed by atoms with E-state index >= 15 is 0 Å². The van der Waals surface area contributed by atoms with Crippen molar-refractivity contribution in [3.05, 3.63) is 66.2 Å². The second-order valence-corrected chi connectivity index (χ2v) is 8.70. The van der Waals surface area contributed by atoms with E-state index in [1.165, 1.54) is 12.8 Å². The molecule has 3 N–H and O–H groups in total. The molecule has 33 heavy (non-hydrogen) atoms. The van der Waals surface area contributed by atoms with E-state index in [2.05, 4.69) is 26.0 Å². The van der Waals surface area contributed by atoms with E-state index in [0.717, 1.165) is 29.9 Å². The monoisotopic (exact) mass is 446 g/mol. The molecular weight excluding hydrogens is 416 g/mol. The van der Waals surface area contributed by atoms with Crippen molar-refractivity contribution >= 4 is 28.9 Å². The highest BCUT2D eigenvalue weighted by Gasteiger charge is 2.27. The summed E-state index contributed by atoms with van der Waals surface area (Å²) in [4.78, 5) is 30.3. The second kappa shape index (κ2) is 10.3. The van der Waals surface area contributed by atoms with Crippen molar-refractivity contribution in [1.82, 2.24) is 20.1 Å². The molecule has 8 heteroatoms. The fourth-order valence-corrected chi connectivity index (χ4v) is 4.30. The van der Waals surface area contributed by atoms with Gasteiger partial charge in [-0.2, -0.15) is 5.10 Å². The molecule has 0 saturated heterocycles. The summed E-state index contributed by atoms with van der Waals surface area (Å²) >= 11 is 0. The fourth-order valence-electron chi connectivity index (χ4n) is 4.30. The molecular formula is C25H30N6O2. The number of rotatable bonds is 8. The Bertz CT molecular complexity index is 1120. The van der Waals surface area contributed by atoms with Crippen LogP contribution >= 0.6 is 0 Å². The second-order valence-electron chi connectivity index (χ2n) is 8.70.